The van der Waals surface area contributed by atoms with Crippen LogP contribution in [0.15, 0.2) is 24.3 Å². The predicted octanol–water partition coefficient (Wildman–Crippen LogP) is 3.05. The van der Waals surface area contributed by atoms with Crippen LogP contribution in [0.1, 0.15) is 54.9 Å². The third kappa shape index (κ3) is 4.01. The average Bonchev–Trinajstić information content (AvgIpc) is 2.46. The summed E-state index contributed by atoms with van der Waals surface area (Å²) in [6.07, 6.45) is 1.81. The fourth-order valence-electron chi connectivity index (χ4n) is 2.48. The lowest BCUT2D eigenvalue weighted by molar-refractivity contribution is -0.121. The molecule has 0 aliphatic carbocycles. The highest BCUT2D eigenvalue weighted by Crippen LogP contribution is 2.16. The van der Waals surface area contributed by atoms with E-state index >= 15 is 0 Å². The third-order valence-electron chi connectivity index (χ3n) is 3.97. The second-order valence-corrected chi connectivity index (χ2v) is 5.83. The van der Waals surface area contributed by atoms with Crippen LogP contribution in [-0.4, -0.2) is 36.1 Å². The maximum Gasteiger partial charge on any atom is 0.164 e. The molecule has 2 rings (SSSR count). The Balaban J connectivity index is 1.84. The minimum absolute atomic E-state index is 0.192. The zero-order chi connectivity index (χ0) is 14.5. The third-order valence-corrected chi connectivity index (χ3v) is 3.97. The van der Waals surface area contributed by atoms with Gasteiger partial charge in [-0.2, -0.15) is 0 Å². The predicted molar refractivity (Wildman–Crippen MR) is 80.2 cm³/mol. The van der Waals surface area contributed by atoms with Gasteiger partial charge in [0.25, 0.3) is 0 Å². The molecule has 1 aliphatic rings. The van der Waals surface area contributed by atoms with Crippen molar-refractivity contribution in [2.45, 2.75) is 39.0 Å². The molecule has 0 atom stereocenters. The molecular weight excluding hydrogens is 250 g/mol. The van der Waals surface area contributed by atoms with Crippen LogP contribution in [0.2, 0.25) is 0 Å². The highest BCUT2D eigenvalue weighted by molar-refractivity contribution is 5.96. The second-order valence-electron chi connectivity index (χ2n) is 5.83. The molecule has 1 saturated heterocycles. The summed E-state index contributed by atoms with van der Waals surface area (Å²) in [6.45, 7) is 6.66. The quantitative estimate of drug-likeness (QED) is 0.774. The lowest BCUT2D eigenvalue weighted by Crippen LogP contribution is -2.35. The normalized spacial score (nSPS) is 16.6. The molecule has 1 heterocycles. The minimum atomic E-state index is 0.192. The van der Waals surface area contributed by atoms with E-state index in [1.54, 1.807) is 0 Å². The average molecular weight is 273 g/mol. The molecule has 0 amide bonds. The number of carbonyl (C=O) groups excluding carboxylic acids is 2. The second kappa shape index (κ2) is 6.80. The number of rotatable bonds is 5. The van der Waals surface area contributed by atoms with Gasteiger partial charge in [-0.1, -0.05) is 38.1 Å². The Morgan fingerprint density at radius 1 is 1.15 bits per heavy atom. The van der Waals surface area contributed by atoms with Crippen molar-refractivity contribution in [3.8, 4) is 0 Å². The van der Waals surface area contributed by atoms with Crippen LogP contribution < -0.4 is 0 Å². The van der Waals surface area contributed by atoms with Crippen LogP contribution in [0.3, 0.4) is 0 Å². The summed E-state index contributed by atoms with van der Waals surface area (Å²) >= 11 is 0. The summed E-state index contributed by atoms with van der Waals surface area (Å²) in [7, 11) is 0. The molecule has 108 valence electrons. The fourth-order valence-corrected chi connectivity index (χ4v) is 2.48. The summed E-state index contributed by atoms with van der Waals surface area (Å²) in [6, 6.07) is 7.93. The van der Waals surface area contributed by atoms with Crippen LogP contribution in [-0.2, 0) is 4.79 Å². The van der Waals surface area contributed by atoms with Crippen LogP contribution >= 0.6 is 0 Å². The Hall–Kier alpha value is -1.48. The lowest BCUT2D eigenvalue weighted by atomic mass is 9.99. The SMILES string of the molecule is CC(C)c1ccc(C(=O)CCN2CCC(=O)CC2)cc1. The van der Waals surface area contributed by atoms with E-state index in [1.165, 1.54) is 5.56 Å². The molecule has 0 N–H and O–H groups in total. The van der Waals surface area contributed by atoms with Crippen LogP contribution in [0.5, 0.6) is 0 Å². The summed E-state index contributed by atoms with van der Waals surface area (Å²) in [5, 5.41) is 0. The topological polar surface area (TPSA) is 37.4 Å². The van der Waals surface area contributed by atoms with E-state index in [9.17, 15) is 9.59 Å². The van der Waals surface area contributed by atoms with Gasteiger partial charge in [0, 0.05) is 44.5 Å². The van der Waals surface area contributed by atoms with Gasteiger partial charge in [0.05, 0.1) is 0 Å². The fraction of sp³-hybridized carbons (Fsp3) is 0.529. The minimum Gasteiger partial charge on any atom is -0.302 e. The smallest absolute Gasteiger partial charge is 0.164 e. The van der Waals surface area contributed by atoms with Gasteiger partial charge in [0.15, 0.2) is 5.78 Å². The van der Waals surface area contributed by atoms with Crippen molar-refractivity contribution in [2.24, 2.45) is 0 Å². The number of hydrogen-bond acceptors (Lipinski definition) is 3. The first kappa shape index (κ1) is 14.9. The van der Waals surface area contributed by atoms with Crippen molar-refractivity contribution in [1.82, 2.24) is 4.90 Å². The Morgan fingerprint density at radius 3 is 2.30 bits per heavy atom. The summed E-state index contributed by atoms with van der Waals surface area (Å²) in [5.74, 6) is 1.03. The van der Waals surface area contributed by atoms with Crippen molar-refractivity contribution < 1.29 is 9.59 Å². The van der Waals surface area contributed by atoms with Crippen molar-refractivity contribution in [3.05, 3.63) is 35.4 Å². The van der Waals surface area contributed by atoms with Gasteiger partial charge in [-0.3, -0.25) is 9.59 Å². The maximum atomic E-state index is 12.1. The van der Waals surface area contributed by atoms with E-state index in [4.69, 9.17) is 0 Å². The zero-order valence-corrected chi connectivity index (χ0v) is 12.4. The number of nitrogens with zero attached hydrogens (tertiary/aromatic N) is 1. The highest BCUT2D eigenvalue weighted by atomic mass is 16.1. The van der Waals surface area contributed by atoms with Crippen molar-refractivity contribution in [3.63, 3.8) is 0 Å². The molecule has 1 aliphatic heterocycles. The van der Waals surface area contributed by atoms with Crippen LogP contribution in [0.4, 0.5) is 0 Å². The van der Waals surface area contributed by atoms with Gasteiger partial charge < -0.3 is 4.90 Å². The molecule has 0 aromatic heterocycles. The number of carbonyl (C=O) groups is 2. The molecule has 1 aromatic rings. The van der Waals surface area contributed by atoms with E-state index in [-0.39, 0.29) is 5.78 Å². The maximum absolute atomic E-state index is 12.1. The van der Waals surface area contributed by atoms with Gasteiger partial charge in [-0.25, -0.2) is 0 Å². The lowest BCUT2D eigenvalue weighted by Gasteiger charge is -2.25. The summed E-state index contributed by atoms with van der Waals surface area (Å²) in [4.78, 5) is 25.5. The zero-order valence-electron chi connectivity index (χ0n) is 12.4. The number of benzene rings is 1. The van der Waals surface area contributed by atoms with Gasteiger partial charge >= 0.3 is 0 Å². The largest absolute Gasteiger partial charge is 0.302 e. The Labute approximate surface area is 121 Å². The number of ketones is 2. The summed E-state index contributed by atoms with van der Waals surface area (Å²) < 4.78 is 0. The Kier molecular flexibility index (Phi) is 5.07. The Bertz CT molecular complexity index is 466. The van der Waals surface area contributed by atoms with Gasteiger partial charge in [0.1, 0.15) is 5.78 Å². The van der Waals surface area contributed by atoms with E-state index in [0.29, 0.717) is 31.0 Å². The van der Waals surface area contributed by atoms with Gasteiger partial charge in [-0.05, 0) is 11.5 Å². The molecule has 1 fully saturated rings. The number of Topliss-reactive ketones (excluding diaryl/α,β-unsaturated/α-hetero) is 2. The molecule has 20 heavy (non-hydrogen) atoms. The molecule has 0 saturated carbocycles. The first-order valence-corrected chi connectivity index (χ1v) is 7.43. The molecule has 1 aromatic carbocycles. The van der Waals surface area contributed by atoms with Crippen LogP contribution in [0, 0.1) is 0 Å². The van der Waals surface area contributed by atoms with Crippen molar-refractivity contribution in [2.75, 3.05) is 19.6 Å². The van der Waals surface area contributed by atoms with E-state index in [1.807, 2.05) is 24.3 Å². The van der Waals surface area contributed by atoms with Gasteiger partial charge in [0.2, 0.25) is 0 Å². The number of likely N-dealkylation sites (tertiary alicyclic amines) is 1. The molecular formula is C17H23NO2. The molecule has 0 radical (unpaired) electrons. The standard InChI is InChI=1S/C17H23NO2/c1-13(2)14-3-5-15(6-4-14)17(20)9-12-18-10-7-16(19)8-11-18/h3-6,13H,7-12H2,1-2H3. The highest BCUT2D eigenvalue weighted by Gasteiger charge is 2.17. The summed E-state index contributed by atoms with van der Waals surface area (Å²) in [5.41, 5.74) is 2.05. The molecule has 3 nitrogen and oxygen atoms in total. The van der Waals surface area contributed by atoms with E-state index in [0.717, 1.165) is 25.2 Å². The number of hydrogen-bond donors (Lipinski definition) is 0. The van der Waals surface area contributed by atoms with Crippen molar-refractivity contribution >= 4 is 11.6 Å². The first-order valence-electron chi connectivity index (χ1n) is 7.43. The van der Waals surface area contributed by atoms with E-state index < -0.39 is 0 Å². The van der Waals surface area contributed by atoms with Crippen molar-refractivity contribution in [1.29, 1.82) is 0 Å². The molecule has 0 spiro atoms. The first-order chi connectivity index (χ1) is 9.56. The molecule has 3 heteroatoms. The van der Waals surface area contributed by atoms with Crippen LogP contribution in [0.25, 0.3) is 0 Å². The van der Waals surface area contributed by atoms with E-state index in [2.05, 4.69) is 18.7 Å². The monoisotopic (exact) mass is 273 g/mol. The van der Waals surface area contributed by atoms with Gasteiger partial charge in [-0.15, -0.1) is 0 Å². The molecule has 0 bridgehead atoms. The Morgan fingerprint density at radius 2 is 1.75 bits per heavy atom. The number of piperidine rings is 1. The molecule has 0 unspecified atom stereocenters.